The molecule has 1 aliphatic heterocycles. The standard InChI is InChI=1S/C21H28N4OS/c1-15(2)20-22-16(3)13-19(23-20)24-9-11-25(12-10-24)21(26)18-7-5-17(6-8-18)14-27-4/h5-8,13,15H,9-12,14H2,1-4H3. The van der Waals surface area contributed by atoms with Gasteiger partial charge in [-0.05, 0) is 30.9 Å². The molecule has 0 atom stereocenters. The third-order valence-electron chi connectivity index (χ3n) is 4.78. The number of nitrogens with zero attached hydrogens (tertiary/aromatic N) is 4. The van der Waals surface area contributed by atoms with Crippen molar-refractivity contribution in [1.29, 1.82) is 0 Å². The van der Waals surface area contributed by atoms with Gasteiger partial charge in [0.25, 0.3) is 5.91 Å². The van der Waals surface area contributed by atoms with E-state index >= 15 is 0 Å². The minimum absolute atomic E-state index is 0.118. The predicted molar refractivity (Wildman–Crippen MR) is 113 cm³/mol. The summed E-state index contributed by atoms with van der Waals surface area (Å²) >= 11 is 1.79. The summed E-state index contributed by atoms with van der Waals surface area (Å²) in [5.74, 6) is 3.25. The van der Waals surface area contributed by atoms with Crippen molar-refractivity contribution in [3.05, 3.63) is 53.0 Å². The molecule has 1 aromatic heterocycles. The van der Waals surface area contributed by atoms with E-state index in [0.29, 0.717) is 19.0 Å². The van der Waals surface area contributed by atoms with Gasteiger partial charge >= 0.3 is 0 Å². The lowest BCUT2D eigenvalue weighted by Gasteiger charge is -2.35. The second kappa shape index (κ2) is 8.74. The summed E-state index contributed by atoms with van der Waals surface area (Å²) < 4.78 is 0. The molecule has 0 saturated carbocycles. The molecule has 5 nitrogen and oxygen atoms in total. The number of carbonyl (C=O) groups is 1. The van der Waals surface area contributed by atoms with Crippen molar-refractivity contribution < 1.29 is 4.79 Å². The number of rotatable bonds is 5. The third-order valence-corrected chi connectivity index (χ3v) is 5.40. The zero-order valence-electron chi connectivity index (χ0n) is 16.6. The van der Waals surface area contributed by atoms with Crippen molar-refractivity contribution in [2.24, 2.45) is 0 Å². The first-order chi connectivity index (χ1) is 13.0. The normalized spacial score (nSPS) is 14.7. The first-order valence-electron chi connectivity index (χ1n) is 9.45. The van der Waals surface area contributed by atoms with Gasteiger partial charge in [-0.15, -0.1) is 0 Å². The van der Waals surface area contributed by atoms with Crippen LogP contribution in [0.25, 0.3) is 0 Å². The number of hydrogen-bond donors (Lipinski definition) is 0. The number of amides is 1. The van der Waals surface area contributed by atoms with Crippen LogP contribution in [-0.4, -0.2) is 53.2 Å². The summed E-state index contributed by atoms with van der Waals surface area (Å²) in [6, 6.07) is 10.0. The Morgan fingerprint density at radius 2 is 1.78 bits per heavy atom. The van der Waals surface area contributed by atoms with Crippen molar-refractivity contribution in [3.8, 4) is 0 Å². The fourth-order valence-electron chi connectivity index (χ4n) is 3.23. The van der Waals surface area contributed by atoms with Gasteiger partial charge in [0.2, 0.25) is 0 Å². The Morgan fingerprint density at radius 1 is 1.11 bits per heavy atom. The number of carbonyl (C=O) groups excluding carboxylic acids is 1. The first-order valence-corrected chi connectivity index (χ1v) is 10.8. The molecule has 6 heteroatoms. The quantitative estimate of drug-likeness (QED) is 0.786. The van der Waals surface area contributed by atoms with E-state index in [4.69, 9.17) is 4.98 Å². The summed E-state index contributed by atoms with van der Waals surface area (Å²) in [5, 5.41) is 0. The van der Waals surface area contributed by atoms with E-state index in [-0.39, 0.29) is 5.91 Å². The van der Waals surface area contributed by atoms with Crippen LogP contribution in [0, 0.1) is 6.92 Å². The number of hydrogen-bond acceptors (Lipinski definition) is 5. The van der Waals surface area contributed by atoms with Crippen molar-refractivity contribution in [2.75, 3.05) is 37.3 Å². The molecular formula is C21H28N4OS. The number of benzene rings is 1. The van der Waals surface area contributed by atoms with Crippen LogP contribution in [-0.2, 0) is 5.75 Å². The molecule has 3 rings (SSSR count). The Hall–Kier alpha value is -2.08. The van der Waals surface area contributed by atoms with Crippen LogP contribution < -0.4 is 4.90 Å². The van der Waals surface area contributed by atoms with Crippen LogP contribution in [0.15, 0.2) is 30.3 Å². The maximum absolute atomic E-state index is 12.8. The highest BCUT2D eigenvalue weighted by Gasteiger charge is 2.23. The second-order valence-electron chi connectivity index (χ2n) is 7.29. The minimum atomic E-state index is 0.118. The largest absolute Gasteiger partial charge is 0.353 e. The first kappa shape index (κ1) is 19.7. The molecule has 0 N–H and O–H groups in total. The van der Waals surface area contributed by atoms with Gasteiger partial charge < -0.3 is 9.80 Å². The van der Waals surface area contributed by atoms with E-state index in [9.17, 15) is 4.79 Å². The zero-order chi connectivity index (χ0) is 19.4. The average Bonchev–Trinajstić information content (AvgIpc) is 2.68. The van der Waals surface area contributed by atoms with Crippen LogP contribution in [0.1, 0.15) is 47.2 Å². The van der Waals surface area contributed by atoms with Crippen molar-refractivity contribution in [2.45, 2.75) is 32.4 Å². The summed E-state index contributed by atoms with van der Waals surface area (Å²) in [6.07, 6.45) is 2.09. The van der Waals surface area contributed by atoms with Crippen molar-refractivity contribution in [1.82, 2.24) is 14.9 Å². The summed E-state index contributed by atoms with van der Waals surface area (Å²) in [4.78, 5) is 26.2. The average molecular weight is 385 g/mol. The molecule has 1 fully saturated rings. The van der Waals surface area contributed by atoms with Gasteiger partial charge in [-0.3, -0.25) is 4.79 Å². The lowest BCUT2D eigenvalue weighted by molar-refractivity contribution is 0.0746. The highest BCUT2D eigenvalue weighted by atomic mass is 32.2. The molecule has 2 aromatic rings. The fourth-order valence-corrected chi connectivity index (χ4v) is 3.75. The van der Waals surface area contributed by atoms with Crippen LogP contribution in [0.3, 0.4) is 0 Å². The van der Waals surface area contributed by atoms with Crippen LogP contribution in [0.2, 0.25) is 0 Å². The number of thioether (sulfide) groups is 1. The maximum atomic E-state index is 12.8. The van der Waals surface area contributed by atoms with Gasteiger partial charge in [0.1, 0.15) is 11.6 Å². The molecule has 27 heavy (non-hydrogen) atoms. The zero-order valence-corrected chi connectivity index (χ0v) is 17.4. The van der Waals surface area contributed by atoms with Gasteiger partial charge in [0.05, 0.1) is 0 Å². The molecule has 0 aliphatic carbocycles. The number of aromatic nitrogens is 2. The maximum Gasteiger partial charge on any atom is 0.253 e. The van der Waals surface area contributed by atoms with Crippen LogP contribution in [0.4, 0.5) is 5.82 Å². The minimum Gasteiger partial charge on any atom is -0.353 e. The second-order valence-corrected chi connectivity index (χ2v) is 8.16. The number of aryl methyl sites for hydroxylation is 1. The third kappa shape index (κ3) is 4.80. The SMILES string of the molecule is CSCc1ccc(C(=O)N2CCN(c3cc(C)nc(C(C)C)n3)CC2)cc1. The molecule has 2 heterocycles. The lowest BCUT2D eigenvalue weighted by atomic mass is 10.1. The van der Waals surface area contributed by atoms with Crippen LogP contribution >= 0.6 is 11.8 Å². The number of anilines is 1. The Bertz CT molecular complexity index is 783. The molecule has 0 spiro atoms. The molecule has 1 saturated heterocycles. The molecule has 0 radical (unpaired) electrons. The van der Waals surface area contributed by atoms with E-state index in [0.717, 1.165) is 41.7 Å². The highest BCUT2D eigenvalue weighted by Crippen LogP contribution is 2.20. The van der Waals surface area contributed by atoms with Crippen molar-refractivity contribution >= 4 is 23.5 Å². The molecule has 1 amide bonds. The highest BCUT2D eigenvalue weighted by molar-refractivity contribution is 7.97. The lowest BCUT2D eigenvalue weighted by Crippen LogP contribution is -2.49. The van der Waals surface area contributed by atoms with Gasteiger partial charge in [0.15, 0.2) is 0 Å². The van der Waals surface area contributed by atoms with Gasteiger partial charge in [-0.2, -0.15) is 11.8 Å². The predicted octanol–water partition coefficient (Wildman–Crippen LogP) is 3.73. The van der Waals surface area contributed by atoms with E-state index in [1.807, 2.05) is 30.0 Å². The molecule has 144 valence electrons. The van der Waals surface area contributed by atoms with E-state index in [1.165, 1.54) is 5.56 Å². The Labute approximate surface area is 166 Å². The summed E-state index contributed by atoms with van der Waals surface area (Å²) in [7, 11) is 0. The van der Waals surface area contributed by atoms with E-state index in [2.05, 4.69) is 42.1 Å². The Morgan fingerprint density at radius 3 is 2.37 bits per heavy atom. The smallest absolute Gasteiger partial charge is 0.253 e. The van der Waals surface area contributed by atoms with Crippen molar-refractivity contribution in [3.63, 3.8) is 0 Å². The summed E-state index contributed by atoms with van der Waals surface area (Å²) in [5.41, 5.74) is 3.02. The topological polar surface area (TPSA) is 49.3 Å². The van der Waals surface area contributed by atoms with Gasteiger partial charge in [-0.25, -0.2) is 9.97 Å². The molecular weight excluding hydrogens is 356 g/mol. The van der Waals surface area contributed by atoms with Gasteiger partial charge in [0, 0.05) is 55.2 Å². The molecule has 0 unspecified atom stereocenters. The van der Waals surface area contributed by atoms with Crippen LogP contribution in [0.5, 0.6) is 0 Å². The number of piperazine rings is 1. The van der Waals surface area contributed by atoms with E-state index < -0.39 is 0 Å². The molecule has 1 aliphatic rings. The van der Waals surface area contributed by atoms with E-state index in [1.54, 1.807) is 11.8 Å². The fraction of sp³-hybridized carbons (Fsp3) is 0.476. The summed E-state index contributed by atoms with van der Waals surface area (Å²) in [6.45, 7) is 9.25. The molecule has 1 aromatic carbocycles. The Kier molecular flexibility index (Phi) is 6.37. The Balaban J connectivity index is 1.64. The molecule has 0 bridgehead atoms. The van der Waals surface area contributed by atoms with Gasteiger partial charge in [-0.1, -0.05) is 26.0 Å². The monoisotopic (exact) mass is 384 g/mol.